The van der Waals surface area contributed by atoms with E-state index in [0.717, 1.165) is 10.0 Å². The molecule has 0 atom stereocenters. The van der Waals surface area contributed by atoms with E-state index in [9.17, 15) is 14.4 Å². The summed E-state index contributed by atoms with van der Waals surface area (Å²) in [6.07, 6.45) is 0. The number of nitrogens with one attached hydrogen (secondary N) is 1. The summed E-state index contributed by atoms with van der Waals surface area (Å²) in [6, 6.07) is 13.7. The first-order valence-corrected chi connectivity index (χ1v) is 8.04. The molecule has 0 aromatic heterocycles. The molecular formula is C18H16BrNO4. The van der Waals surface area contributed by atoms with Crippen LogP contribution in [0.3, 0.4) is 0 Å². The Balaban J connectivity index is 1.82. The molecule has 1 amide bonds. The van der Waals surface area contributed by atoms with Crippen molar-refractivity contribution in [3.63, 3.8) is 0 Å². The molecule has 0 fully saturated rings. The van der Waals surface area contributed by atoms with Gasteiger partial charge in [0.2, 0.25) is 0 Å². The Morgan fingerprint density at radius 3 is 2.38 bits per heavy atom. The first-order chi connectivity index (χ1) is 11.5. The number of hydrogen-bond acceptors (Lipinski definition) is 4. The maximum Gasteiger partial charge on any atom is 0.338 e. The molecule has 2 rings (SSSR count). The number of carbonyl (C=O) groups is 3. The highest BCUT2D eigenvalue weighted by molar-refractivity contribution is 9.10. The highest BCUT2D eigenvalue weighted by Gasteiger charge is 2.11. The van der Waals surface area contributed by atoms with Gasteiger partial charge in [0.25, 0.3) is 5.91 Å². The van der Waals surface area contributed by atoms with Crippen LogP contribution in [0.2, 0.25) is 0 Å². The third-order valence-corrected chi connectivity index (χ3v) is 3.77. The molecule has 24 heavy (non-hydrogen) atoms. The maximum absolute atomic E-state index is 11.9. The summed E-state index contributed by atoms with van der Waals surface area (Å²) in [7, 11) is 0. The van der Waals surface area contributed by atoms with E-state index < -0.39 is 11.9 Å². The fraction of sp³-hybridized carbons (Fsp3) is 0.167. The lowest BCUT2D eigenvalue weighted by molar-refractivity contribution is -0.124. The number of ketones is 1. The van der Waals surface area contributed by atoms with Crippen LogP contribution in [-0.4, -0.2) is 24.3 Å². The minimum atomic E-state index is -0.642. The van der Waals surface area contributed by atoms with E-state index in [1.165, 1.54) is 19.1 Å². The Bertz CT molecular complexity index is 756. The van der Waals surface area contributed by atoms with E-state index in [2.05, 4.69) is 21.2 Å². The zero-order valence-corrected chi connectivity index (χ0v) is 14.6. The Hall–Kier alpha value is -2.47. The summed E-state index contributed by atoms with van der Waals surface area (Å²) in [4.78, 5) is 35.0. The number of amides is 1. The number of benzene rings is 2. The third-order valence-electron chi connectivity index (χ3n) is 3.24. The van der Waals surface area contributed by atoms with Gasteiger partial charge >= 0.3 is 5.97 Å². The molecule has 0 aliphatic carbocycles. The second-order valence-corrected chi connectivity index (χ2v) is 6.03. The van der Waals surface area contributed by atoms with E-state index in [-0.39, 0.29) is 18.0 Å². The molecular weight excluding hydrogens is 374 g/mol. The van der Waals surface area contributed by atoms with E-state index in [0.29, 0.717) is 12.1 Å². The minimum Gasteiger partial charge on any atom is -0.452 e. The van der Waals surface area contributed by atoms with Crippen LogP contribution in [0.15, 0.2) is 53.0 Å². The normalized spacial score (nSPS) is 10.1. The zero-order chi connectivity index (χ0) is 17.5. The van der Waals surface area contributed by atoms with Crippen LogP contribution in [0.4, 0.5) is 0 Å². The van der Waals surface area contributed by atoms with Crippen molar-refractivity contribution in [2.75, 3.05) is 6.61 Å². The second kappa shape index (κ2) is 8.40. The molecule has 0 saturated carbocycles. The summed E-state index contributed by atoms with van der Waals surface area (Å²) in [5.74, 6) is -1.18. The average Bonchev–Trinajstić information content (AvgIpc) is 2.59. The Morgan fingerprint density at radius 2 is 1.71 bits per heavy atom. The van der Waals surface area contributed by atoms with Gasteiger partial charge in [-0.05, 0) is 36.8 Å². The zero-order valence-electron chi connectivity index (χ0n) is 13.0. The van der Waals surface area contributed by atoms with Crippen LogP contribution < -0.4 is 5.32 Å². The SMILES string of the molecule is CC(=O)c1cccc(C(=O)OCC(=O)NCc2ccc(Br)cc2)c1. The van der Waals surface area contributed by atoms with Crippen molar-refractivity contribution >= 4 is 33.6 Å². The molecule has 0 heterocycles. The molecule has 0 aliphatic heterocycles. The number of Topliss-reactive ketones (excluding diaryl/α,β-unsaturated/α-hetero) is 1. The highest BCUT2D eigenvalue weighted by atomic mass is 79.9. The summed E-state index contributed by atoms with van der Waals surface area (Å²) in [6.45, 7) is 1.39. The molecule has 0 radical (unpaired) electrons. The van der Waals surface area contributed by atoms with Crippen LogP contribution in [0.25, 0.3) is 0 Å². The van der Waals surface area contributed by atoms with Gasteiger partial charge in [-0.25, -0.2) is 4.79 Å². The molecule has 2 aromatic rings. The van der Waals surface area contributed by atoms with Gasteiger partial charge in [0.15, 0.2) is 12.4 Å². The predicted octanol–water partition coefficient (Wildman–Crippen LogP) is 3.12. The summed E-state index contributed by atoms with van der Waals surface area (Å²) in [5, 5.41) is 2.67. The van der Waals surface area contributed by atoms with Gasteiger partial charge in [-0.1, -0.05) is 40.2 Å². The van der Waals surface area contributed by atoms with Gasteiger partial charge < -0.3 is 10.1 Å². The van der Waals surface area contributed by atoms with E-state index >= 15 is 0 Å². The molecule has 6 heteroatoms. The molecule has 2 aromatic carbocycles. The molecule has 0 bridgehead atoms. The molecule has 124 valence electrons. The van der Waals surface area contributed by atoms with Crippen molar-refractivity contribution in [1.29, 1.82) is 0 Å². The molecule has 0 spiro atoms. The lowest BCUT2D eigenvalue weighted by atomic mass is 10.1. The first-order valence-electron chi connectivity index (χ1n) is 7.25. The van der Waals surface area contributed by atoms with Crippen LogP contribution in [0.5, 0.6) is 0 Å². The Morgan fingerprint density at radius 1 is 1.04 bits per heavy atom. The largest absolute Gasteiger partial charge is 0.452 e. The lowest BCUT2D eigenvalue weighted by Crippen LogP contribution is -2.28. The molecule has 0 unspecified atom stereocenters. The molecule has 1 N–H and O–H groups in total. The topological polar surface area (TPSA) is 72.5 Å². The van der Waals surface area contributed by atoms with Crippen molar-refractivity contribution in [3.8, 4) is 0 Å². The van der Waals surface area contributed by atoms with Crippen molar-refractivity contribution in [3.05, 3.63) is 69.7 Å². The van der Waals surface area contributed by atoms with Crippen LogP contribution >= 0.6 is 15.9 Å². The second-order valence-electron chi connectivity index (χ2n) is 5.12. The Labute approximate surface area is 148 Å². The van der Waals surface area contributed by atoms with Crippen LogP contribution in [-0.2, 0) is 16.1 Å². The Kier molecular flexibility index (Phi) is 6.26. The third kappa shape index (κ3) is 5.31. The fourth-order valence-corrected chi connectivity index (χ4v) is 2.20. The number of rotatable bonds is 6. The van der Waals surface area contributed by atoms with Gasteiger partial charge in [0.1, 0.15) is 0 Å². The monoisotopic (exact) mass is 389 g/mol. The van der Waals surface area contributed by atoms with Crippen molar-refractivity contribution in [2.45, 2.75) is 13.5 Å². The van der Waals surface area contributed by atoms with Crippen LogP contribution in [0.1, 0.15) is 33.2 Å². The summed E-state index contributed by atoms with van der Waals surface area (Å²) < 4.78 is 5.92. The quantitative estimate of drug-likeness (QED) is 0.608. The lowest BCUT2D eigenvalue weighted by Gasteiger charge is -2.07. The molecule has 0 aliphatic rings. The van der Waals surface area contributed by atoms with Crippen molar-refractivity contribution in [1.82, 2.24) is 5.32 Å². The summed E-state index contributed by atoms with van der Waals surface area (Å²) in [5.41, 5.74) is 1.60. The molecule has 0 saturated heterocycles. The van der Waals surface area contributed by atoms with E-state index in [1.54, 1.807) is 12.1 Å². The van der Waals surface area contributed by atoms with E-state index in [1.807, 2.05) is 24.3 Å². The molecule has 5 nitrogen and oxygen atoms in total. The number of esters is 1. The maximum atomic E-state index is 11.9. The fourth-order valence-electron chi connectivity index (χ4n) is 1.93. The minimum absolute atomic E-state index is 0.142. The summed E-state index contributed by atoms with van der Waals surface area (Å²) >= 11 is 3.34. The first kappa shape index (κ1) is 17.9. The van der Waals surface area contributed by atoms with Crippen molar-refractivity contribution in [2.24, 2.45) is 0 Å². The van der Waals surface area contributed by atoms with Crippen molar-refractivity contribution < 1.29 is 19.1 Å². The highest BCUT2D eigenvalue weighted by Crippen LogP contribution is 2.10. The number of carbonyl (C=O) groups excluding carboxylic acids is 3. The average molecular weight is 390 g/mol. The predicted molar refractivity (Wildman–Crippen MR) is 92.7 cm³/mol. The van der Waals surface area contributed by atoms with Gasteiger partial charge in [-0.15, -0.1) is 0 Å². The van der Waals surface area contributed by atoms with Gasteiger partial charge in [0, 0.05) is 16.6 Å². The van der Waals surface area contributed by atoms with Gasteiger partial charge in [0.05, 0.1) is 5.56 Å². The number of halogens is 1. The van der Waals surface area contributed by atoms with Gasteiger partial charge in [-0.3, -0.25) is 9.59 Å². The number of ether oxygens (including phenoxy) is 1. The standard InChI is InChI=1S/C18H16BrNO4/c1-12(21)14-3-2-4-15(9-14)18(23)24-11-17(22)20-10-13-5-7-16(19)8-6-13/h2-9H,10-11H2,1H3,(H,20,22). The van der Waals surface area contributed by atoms with Crippen LogP contribution in [0, 0.1) is 0 Å². The number of hydrogen-bond donors (Lipinski definition) is 1. The van der Waals surface area contributed by atoms with Gasteiger partial charge in [-0.2, -0.15) is 0 Å². The smallest absolute Gasteiger partial charge is 0.338 e. The van der Waals surface area contributed by atoms with E-state index in [4.69, 9.17) is 4.74 Å².